The second-order valence-corrected chi connectivity index (χ2v) is 1.76. The van der Waals surface area contributed by atoms with Crippen molar-refractivity contribution in [2.24, 2.45) is 0 Å². The molecule has 0 aromatic heterocycles. The number of nitriles is 2. The van der Waals surface area contributed by atoms with Crippen LogP contribution in [0.4, 0.5) is 0 Å². The first kappa shape index (κ1) is 9.20. The van der Waals surface area contributed by atoms with E-state index in [4.69, 9.17) is 10.5 Å². The molecule has 0 saturated heterocycles. The largest absolute Gasteiger partial charge is 0.192 e. The highest BCUT2D eigenvalue weighted by molar-refractivity contribution is 5.48. The van der Waals surface area contributed by atoms with E-state index < -0.39 is 0 Å². The average molecular weight is 144 g/mol. The lowest BCUT2D eigenvalue weighted by molar-refractivity contribution is 1.44. The molecular formula is C9H8N2. The third-order valence-corrected chi connectivity index (χ3v) is 1.07. The summed E-state index contributed by atoms with van der Waals surface area (Å²) in [5.74, 6) is 0. The van der Waals surface area contributed by atoms with Crippen molar-refractivity contribution in [2.45, 2.75) is 6.92 Å². The molecule has 0 aromatic rings. The minimum Gasteiger partial charge on any atom is -0.192 e. The van der Waals surface area contributed by atoms with Crippen LogP contribution in [0.3, 0.4) is 0 Å². The molecule has 54 valence electrons. The van der Waals surface area contributed by atoms with Crippen molar-refractivity contribution in [3.63, 3.8) is 0 Å². The van der Waals surface area contributed by atoms with Crippen molar-refractivity contribution >= 4 is 0 Å². The van der Waals surface area contributed by atoms with Crippen LogP contribution in [0.1, 0.15) is 6.92 Å². The summed E-state index contributed by atoms with van der Waals surface area (Å²) in [5, 5.41) is 17.0. The Hall–Kier alpha value is -1.80. The van der Waals surface area contributed by atoms with Crippen LogP contribution < -0.4 is 0 Å². The van der Waals surface area contributed by atoms with Crippen LogP contribution in [-0.4, -0.2) is 0 Å². The number of rotatable bonds is 2. The van der Waals surface area contributed by atoms with Crippen molar-refractivity contribution < 1.29 is 0 Å². The van der Waals surface area contributed by atoms with Crippen LogP contribution in [0.5, 0.6) is 0 Å². The van der Waals surface area contributed by atoms with E-state index in [1.54, 1.807) is 19.1 Å². The van der Waals surface area contributed by atoms with Gasteiger partial charge in [0.25, 0.3) is 0 Å². The molecule has 2 heteroatoms. The second-order valence-electron chi connectivity index (χ2n) is 1.76. The summed E-state index contributed by atoms with van der Waals surface area (Å²) in [4.78, 5) is 0. The van der Waals surface area contributed by atoms with E-state index in [1.165, 1.54) is 6.08 Å². The first-order valence-corrected chi connectivity index (χ1v) is 3.09. The van der Waals surface area contributed by atoms with Crippen LogP contribution in [0.25, 0.3) is 0 Å². The molecule has 0 rings (SSSR count). The van der Waals surface area contributed by atoms with Crippen LogP contribution in [0.15, 0.2) is 36.0 Å². The van der Waals surface area contributed by atoms with E-state index in [0.29, 0.717) is 11.1 Å². The Morgan fingerprint density at radius 2 is 1.82 bits per heavy atom. The van der Waals surface area contributed by atoms with Gasteiger partial charge < -0.3 is 0 Å². The fraction of sp³-hybridized carbons (Fsp3) is 0.111. The molecule has 2 nitrogen and oxygen atoms in total. The van der Waals surface area contributed by atoms with Gasteiger partial charge in [-0.3, -0.25) is 0 Å². The smallest absolute Gasteiger partial charge is 0.100 e. The number of nitrogens with zero attached hydrogens (tertiary/aromatic N) is 2. The van der Waals surface area contributed by atoms with E-state index >= 15 is 0 Å². The maximum absolute atomic E-state index is 8.53. The van der Waals surface area contributed by atoms with Crippen molar-refractivity contribution in [1.29, 1.82) is 10.5 Å². The Labute approximate surface area is 66.4 Å². The Kier molecular flexibility index (Phi) is 4.20. The molecule has 0 amide bonds. The number of hydrogen-bond acceptors (Lipinski definition) is 2. The van der Waals surface area contributed by atoms with Gasteiger partial charge >= 0.3 is 0 Å². The lowest BCUT2D eigenvalue weighted by Crippen LogP contribution is -1.79. The Bertz CT molecular complexity index is 282. The molecule has 0 saturated carbocycles. The lowest BCUT2D eigenvalue weighted by Gasteiger charge is -1.87. The molecule has 0 aliphatic heterocycles. The van der Waals surface area contributed by atoms with Gasteiger partial charge in [-0.25, -0.2) is 0 Å². The molecule has 0 bridgehead atoms. The quantitative estimate of drug-likeness (QED) is 0.440. The normalized spacial score (nSPS) is 11.5. The zero-order chi connectivity index (χ0) is 8.69. The lowest BCUT2D eigenvalue weighted by atomic mass is 10.1. The zero-order valence-electron chi connectivity index (χ0n) is 6.33. The summed E-state index contributed by atoms with van der Waals surface area (Å²) < 4.78 is 0. The minimum atomic E-state index is 0.311. The molecule has 0 unspecified atom stereocenters. The zero-order valence-corrected chi connectivity index (χ0v) is 6.33. The van der Waals surface area contributed by atoms with Gasteiger partial charge in [0.1, 0.15) is 12.1 Å². The maximum atomic E-state index is 8.53. The monoisotopic (exact) mass is 144 g/mol. The van der Waals surface area contributed by atoms with Crippen LogP contribution >= 0.6 is 0 Å². The first-order valence-electron chi connectivity index (χ1n) is 3.09. The molecule has 0 heterocycles. The maximum Gasteiger partial charge on any atom is 0.100 e. The SMILES string of the molecule is C=C/C(C#N)=C(C#N)\C=C/C. The first-order chi connectivity index (χ1) is 5.29. The molecule has 0 atom stereocenters. The third-order valence-electron chi connectivity index (χ3n) is 1.07. The standard InChI is InChI=1S/C9H8N2/c1-3-5-9(7-11)8(4-2)6-10/h3-5H,2H2,1H3/b5-3-,9-8-. The van der Waals surface area contributed by atoms with Gasteiger partial charge in [0.05, 0.1) is 11.1 Å². The van der Waals surface area contributed by atoms with Gasteiger partial charge in [0, 0.05) is 0 Å². The van der Waals surface area contributed by atoms with Crippen molar-refractivity contribution in [3.8, 4) is 12.1 Å². The molecule has 0 N–H and O–H groups in total. The molecular weight excluding hydrogens is 136 g/mol. The van der Waals surface area contributed by atoms with Crippen LogP contribution in [0, 0.1) is 22.7 Å². The van der Waals surface area contributed by atoms with Gasteiger partial charge in [0.2, 0.25) is 0 Å². The van der Waals surface area contributed by atoms with Crippen molar-refractivity contribution in [3.05, 3.63) is 36.0 Å². The van der Waals surface area contributed by atoms with Crippen molar-refractivity contribution in [2.75, 3.05) is 0 Å². The number of hydrogen-bond donors (Lipinski definition) is 0. The Morgan fingerprint density at radius 1 is 1.27 bits per heavy atom. The highest BCUT2D eigenvalue weighted by atomic mass is 14.3. The van der Waals surface area contributed by atoms with Gasteiger partial charge in [0.15, 0.2) is 0 Å². The summed E-state index contributed by atoms with van der Waals surface area (Å²) in [6, 6.07) is 3.78. The summed E-state index contributed by atoms with van der Waals surface area (Å²) in [7, 11) is 0. The number of allylic oxidation sites excluding steroid dienone is 5. The van der Waals surface area contributed by atoms with Crippen molar-refractivity contribution in [1.82, 2.24) is 0 Å². The van der Waals surface area contributed by atoms with E-state index in [-0.39, 0.29) is 0 Å². The van der Waals surface area contributed by atoms with E-state index in [1.807, 2.05) is 12.1 Å². The van der Waals surface area contributed by atoms with Gasteiger partial charge in [-0.1, -0.05) is 18.7 Å². The highest BCUT2D eigenvalue weighted by Gasteiger charge is 1.96. The predicted molar refractivity (Wildman–Crippen MR) is 43.3 cm³/mol. The molecule has 0 aliphatic rings. The summed E-state index contributed by atoms with van der Waals surface area (Å²) >= 11 is 0. The molecule has 0 aliphatic carbocycles. The Balaban J connectivity index is 5.01. The van der Waals surface area contributed by atoms with Gasteiger partial charge in [-0.2, -0.15) is 10.5 Å². The topological polar surface area (TPSA) is 47.6 Å². The average Bonchev–Trinajstić information content (AvgIpc) is 2.05. The summed E-state index contributed by atoms with van der Waals surface area (Å²) in [5.41, 5.74) is 0.663. The molecule has 0 fully saturated rings. The van der Waals surface area contributed by atoms with Crippen LogP contribution in [0.2, 0.25) is 0 Å². The highest BCUT2D eigenvalue weighted by Crippen LogP contribution is 2.04. The van der Waals surface area contributed by atoms with E-state index in [0.717, 1.165) is 0 Å². The molecule has 11 heavy (non-hydrogen) atoms. The predicted octanol–water partition coefficient (Wildman–Crippen LogP) is 2.09. The molecule has 0 radical (unpaired) electrons. The fourth-order valence-electron chi connectivity index (χ4n) is 0.570. The second kappa shape index (κ2) is 5.02. The van der Waals surface area contributed by atoms with E-state index in [9.17, 15) is 0 Å². The fourth-order valence-corrected chi connectivity index (χ4v) is 0.570. The van der Waals surface area contributed by atoms with Gasteiger partial charge in [-0.05, 0) is 13.0 Å². The molecule has 0 aromatic carbocycles. The van der Waals surface area contributed by atoms with Crippen LogP contribution in [-0.2, 0) is 0 Å². The Morgan fingerprint density at radius 3 is 2.09 bits per heavy atom. The van der Waals surface area contributed by atoms with Gasteiger partial charge in [-0.15, -0.1) is 0 Å². The van der Waals surface area contributed by atoms with E-state index in [2.05, 4.69) is 6.58 Å². The third kappa shape index (κ3) is 2.51. The summed E-state index contributed by atoms with van der Waals surface area (Å²) in [6.45, 7) is 5.20. The minimum absolute atomic E-state index is 0.311. The summed E-state index contributed by atoms with van der Waals surface area (Å²) in [6.07, 6.45) is 4.66. The molecule has 0 spiro atoms.